The topological polar surface area (TPSA) is 21.3 Å². The molecular weight excluding hydrogens is 186 g/mol. The second kappa shape index (κ2) is 3.21. The van der Waals surface area contributed by atoms with Crippen molar-refractivity contribution >= 4 is 0 Å². The lowest BCUT2D eigenvalue weighted by Crippen LogP contribution is -2.59. The van der Waals surface area contributed by atoms with Crippen LogP contribution in [0.4, 0.5) is 0 Å². The lowest BCUT2D eigenvalue weighted by molar-refractivity contribution is -0.184. The highest BCUT2D eigenvalue weighted by Gasteiger charge is 2.57. The second-order valence-electron chi connectivity index (χ2n) is 6.20. The number of rotatable bonds is 1. The number of hydrogen-bond donors (Lipinski definition) is 1. The number of ether oxygens (including phenoxy) is 1. The van der Waals surface area contributed by atoms with Crippen LogP contribution in [0.25, 0.3) is 0 Å². The summed E-state index contributed by atoms with van der Waals surface area (Å²) in [4.78, 5) is 0. The van der Waals surface area contributed by atoms with E-state index in [9.17, 15) is 0 Å². The van der Waals surface area contributed by atoms with Crippen LogP contribution in [0.5, 0.6) is 0 Å². The predicted molar refractivity (Wildman–Crippen MR) is 60.6 cm³/mol. The van der Waals surface area contributed by atoms with Gasteiger partial charge in [-0.3, -0.25) is 5.32 Å². The van der Waals surface area contributed by atoms with Crippen LogP contribution in [0.15, 0.2) is 0 Å². The minimum absolute atomic E-state index is 0.0722. The Hall–Kier alpha value is -0.0800. The standard InChI is InChI=1S/C13H23NO/c1-10(2)11-12(7-8-12)9-14-13(15-11)5-3-4-6-13/h10-11,14H,3-9H2,1-2H3. The molecule has 2 nitrogen and oxygen atoms in total. The van der Waals surface area contributed by atoms with E-state index in [1.807, 2.05) is 0 Å². The third-order valence-electron chi connectivity index (χ3n) is 4.63. The van der Waals surface area contributed by atoms with Gasteiger partial charge in [-0.1, -0.05) is 13.8 Å². The molecule has 0 amide bonds. The highest BCUT2D eigenvalue weighted by atomic mass is 16.5. The summed E-state index contributed by atoms with van der Waals surface area (Å²) in [5.74, 6) is 0.673. The van der Waals surface area contributed by atoms with Gasteiger partial charge in [-0.15, -0.1) is 0 Å². The first-order valence-electron chi connectivity index (χ1n) is 6.59. The Labute approximate surface area is 92.8 Å². The first kappa shape index (κ1) is 10.1. The van der Waals surface area contributed by atoms with Crippen molar-refractivity contribution in [2.75, 3.05) is 6.54 Å². The molecule has 86 valence electrons. The lowest BCUT2D eigenvalue weighted by atomic mass is 9.87. The normalized spacial score (nSPS) is 36.6. The Balaban J connectivity index is 1.78. The largest absolute Gasteiger partial charge is 0.357 e. The van der Waals surface area contributed by atoms with E-state index in [1.54, 1.807) is 0 Å². The maximum atomic E-state index is 6.46. The van der Waals surface area contributed by atoms with Gasteiger partial charge in [0.15, 0.2) is 0 Å². The van der Waals surface area contributed by atoms with Gasteiger partial charge in [-0.25, -0.2) is 0 Å². The summed E-state index contributed by atoms with van der Waals surface area (Å²) in [7, 11) is 0. The average Bonchev–Trinajstić information content (AvgIpc) is 2.85. The Bertz CT molecular complexity index is 251. The minimum Gasteiger partial charge on any atom is -0.357 e. The summed E-state index contributed by atoms with van der Waals surface area (Å²) in [6, 6.07) is 0. The van der Waals surface area contributed by atoms with E-state index in [2.05, 4.69) is 19.2 Å². The summed E-state index contributed by atoms with van der Waals surface area (Å²) in [5, 5.41) is 3.71. The fourth-order valence-corrected chi connectivity index (χ4v) is 3.55. The van der Waals surface area contributed by atoms with E-state index in [0.29, 0.717) is 17.4 Å². The van der Waals surface area contributed by atoms with Gasteiger partial charge in [0.05, 0.1) is 6.10 Å². The Kier molecular flexibility index (Phi) is 2.16. The lowest BCUT2D eigenvalue weighted by Gasteiger charge is -2.46. The molecule has 1 saturated heterocycles. The van der Waals surface area contributed by atoms with Gasteiger partial charge >= 0.3 is 0 Å². The molecule has 2 aliphatic carbocycles. The molecule has 0 aromatic heterocycles. The first-order valence-corrected chi connectivity index (χ1v) is 6.59. The third kappa shape index (κ3) is 1.53. The van der Waals surface area contributed by atoms with Gasteiger partial charge in [0.25, 0.3) is 0 Å². The highest BCUT2D eigenvalue weighted by molar-refractivity contribution is 5.07. The van der Waals surface area contributed by atoms with Crippen LogP contribution in [-0.2, 0) is 4.74 Å². The van der Waals surface area contributed by atoms with E-state index >= 15 is 0 Å². The quantitative estimate of drug-likeness (QED) is 0.717. The summed E-state index contributed by atoms with van der Waals surface area (Å²) in [6.45, 7) is 5.84. The monoisotopic (exact) mass is 209 g/mol. The molecule has 1 heterocycles. The number of hydrogen-bond acceptors (Lipinski definition) is 2. The summed E-state index contributed by atoms with van der Waals surface area (Å²) >= 11 is 0. The molecule has 3 aliphatic rings. The Morgan fingerprint density at radius 2 is 1.80 bits per heavy atom. The Morgan fingerprint density at radius 1 is 1.13 bits per heavy atom. The van der Waals surface area contributed by atoms with Crippen molar-refractivity contribution in [3.05, 3.63) is 0 Å². The molecule has 0 bridgehead atoms. The van der Waals surface area contributed by atoms with Crippen molar-refractivity contribution < 1.29 is 4.74 Å². The second-order valence-corrected chi connectivity index (χ2v) is 6.20. The van der Waals surface area contributed by atoms with Crippen LogP contribution in [0.2, 0.25) is 0 Å². The maximum Gasteiger partial charge on any atom is 0.119 e. The average molecular weight is 209 g/mol. The fraction of sp³-hybridized carbons (Fsp3) is 1.00. The fourth-order valence-electron chi connectivity index (χ4n) is 3.55. The zero-order chi connectivity index (χ0) is 10.5. The van der Waals surface area contributed by atoms with Crippen molar-refractivity contribution in [1.82, 2.24) is 5.32 Å². The zero-order valence-corrected chi connectivity index (χ0v) is 10.0. The molecule has 1 atom stereocenters. The molecule has 15 heavy (non-hydrogen) atoms. The summed E-state index contributed by atoms with van der Waals surface area (Å²) < 4.78 is 6.46. The molecule has 2 saturated carbocycles. The van der Waals surface area contributed by atoms with Crippen LogP contribution in [0.3, 0.4) is 0 Å². The zero-order valence-electron chi connectivity index (χ0n) is 10.0. The van der Waals surface area contributed by atoms with Gasteiger partial charge in [0.2, 0.25) is 0 Å². The van der Waals surface area contributed by atoms with Crippen molar-refractivity contribution in [1.29, 1.82) is 0 Å². The number of nitrogens with one attached hydrogen (secondary N) is 1. The Morgan fingerprint density at radius 3 is 2.33 bits per heavy atom. The van der Waals surface area contributed by atoms with Crippen LogP contribution >= 0.6 is 0 Å². The molecule has 1 N–H and O–H groups in total. The van der Waals surface area contributed by atoms with E-state index in [1.165, 1.54) is 45.1 Å². The molecular formula is C13H23NO. The SMILES string of the molecule is CC(C)C1OC2(CCCC2)NCC12CC2. The molecule has 3 rings (SSSR count). The van der Waals surface area contributed by atoms with Crippen LogP contribution < -0.4 is 5.32 Å². The molecule has 2 heteroatoms. The van der Waals surface area contributed by atoms with Crippen molar-refractivity contribution in [3.8, 4) is 0 Å². The third-order valence-corrected chi connectivity index (χ3v) is 4.63. The van der Waals surface area contributed by atoms with Crippen molar-refractivity contribution in [2.45, 2.75) is 64.2 Å². The van der Waals surface area contributed by atoms with E-state index in [4.69, 9.17) is 4.74 Å². The molecule has 0 aromatic carbocycles. The molecule has 2 spiro atoms. The summed E-state index contributed by atoms with van der Waals surface area (Å²) in [5.41, 5.74) is 0.588. The maximum absolute atomic E-state index is 6.46. The van der Waals surface area contributed by atoms with Gasteiger partial charge in [0.1, 0.15) is 5.72 Å². The minimum atomic E-state index is 0.0722. The molecule has 1 aliphatic heterocycles. The van der Waals surface area contributed by atoms with Crippen LogP contribution in [-0.4, -0.2) is 18.4 Å². The van der Waals surface area contributed by atoms with Crippen LogP contribution in [0, 0.1) is 11.3 Å². The van der Waals surface area contributed by atoms with Crippen LogP contribution in [0.1, 0.15) is 52.4 Å². The van der Waals surface area contributed by atoms with Crippen molar-refractivity contribution in [3.63, 3.8) is 0 Å². The molecule has 0 radical (unpaired) electrons. The summed E-state index contributed by atoms with van der Waals surface area (Å²) in [6.07, 6.45) is 8.39. The van der Waals surface area contributed by atoms with Gasteiger partial charge in [-0.2, -0.15) is 0 Å². The molecule has 1 unspecified atom stereocenters. The molecule has 3 fully saturated rings. The van der Waals surface area contributed by atoms with Gasteiger partial charge in [-0.05, 0) is 44.4 Å². The van der Waals surface area contributed by atoms with Gasteiger partial charge < -0.3 is 4.74 Å². The van der Waals surface area contributed by atoms with E-state index in [-0.39, 0.29) is 5.72 Å². The van der Waals surface area contributed by atoms with Crippen molar-refractivity contribution in [2.24, 2.45) is 11.3 Å². The predicted octanol–water partition coefficient (Wildman–Crippen LogP) is 2.68. The molecule has 0 aromatic rings. The smallest absolute Gasteiger partial charge is 0.119 e. The van der Waals surface area contributed by atoms with Gasteiger partial charge in [0, 0.05) is 12.0 Å². The van der Waals surface area contributed by atoms with E-state index < -0.39 is 0 Å². The van der Waals surface area contributed by atoms with E-state index in [0.717, 1.165) is 0 Å². The first-order chi connectivity index (χ1) is 7.16. The highest BCUT2D eigenvalue weighted by Crippen LogP contribution is 2.55.